The minimum Gasteiger partial charge on any atom is -0.481 e. The van der Waals surface area contributed by atoms with Gasteiger partial charge in [-0.2, -0.15) is 0 Å². The van der Waals surface area contributed by atoms with Gasteiger partial charge in [-0.15, -0.1) is 0 Å². The predicted molar refractivity (Wildman–Crippen MR) is 66.2 cm³/mol. The summed E-state index contributed by atoms with van der Waals surface area (Å²) in [6, 6.07) is 0. The van der Waals surface area contributed by atoms with Crippen LogP contribution < -0.4 is 0 Å². The van der Waals surface area contributed by atoms with Crippen LogP contribution in [-0.4, -0.2) is 11.1 Å². The van der Waals surface area contributed by atoms with Crippen molar-refractivity contribution in [3.8, 4) is 0 Å². The standard InChI is InChI=1S/C14H20O2/c1-10(2)9-12-5-4-6-13(8-7-12)11(3)14(15)16/h5-8,10-11H,4,9H2,1-3H3,(H,15,16). The zero-order chi connectivity index (χ0) is 12.1. The maximum absolute atomic E-state index is 10.9. The van der Waals surface area contributed by atoms with E-state index in [4.69, 9.17) is 5.11 Å². The Hall–Kier alpha value is -1.31. The molecule has 0 saturated heterocycles. The summed E-state index contributed by atoms with van der Waals surface area (Å²) in [5.74, 6) is -0.541. The van der Waals surface area contributed by atoms with E-state index in [0.29, 0.717) is 5.92 Å². The molecule has 1 aliphatic carbocycles. The Balaban J connectivity index is 2.70. The zero-order valence-corrected chi connectivity index (χ0v) is 10.2. The van der Waals surface area contributed by atoms with Crippen molar-refractivity contribution in [2.75, 3.05) is 0 Å². The fraction of sp³-hybridized carbons (Fsp3) is 0.500. The lowest BCUT2D eigenvalue weighted by atomic mass is 9.99. The first-order valence-electron chi connectivity index (χ1n) is 5.80. The third kappa shape index (κ3) is 3.69. The quantitative estimate of drug-likeness (QED) is 0.786. The van der Waals surface area contributed by atoms with Crippen LogP contribution in [-0.2, 0) is 4.79 Å². The third-order valence-corrected chi connectivity index (χ3v) is 2.74. The van der Waals surface area contributed by atoms with Crippen LogP contribution in [0.1, 0.15) is 33.6 Å². The normalized spacial score (nSPS) is 17.8. The molecule has 0 saturated carbocycles. The number of hydrogen-bond donors (Lipinski definition) is 1. The van der Waals surface area contributed by atoms with E-state index in [2.05, 4.69) is 26.0 Å². The number of carbonyl (C=O) groups is 1. The molecule has 0 spiro atoms. The van der Waals surface area contributed by atoms with Crippen LogP contribution in [0.2, 0.25) is 0 Å². The maximum Gasteiger partial charge on any atom is 0.310 e. The number of carboxylic acid groups (broad SMARTS) is 1. The molecule has 0 radical (unpaired) electrons. The lowest BCUT2D eigenvalue weighted by molar-refractivity contribution is -0.139. The van der Waals surface area contributed by atoms with E-state index in [1.54, 1.807) is 6.92 Å². The molecule has 1 atom stereocenters. The van der Waals surface area contributed by atoms with Crippen LogP contribution >= 0.6 is 0 Å². The first-order chi connectivity index (χ1) is 7.50. The first kappa shape index (κ1) is 12.8. The van der Waals surface area contributed by atoms with Crippen molar-refractivity contribution >= 4 is 5.97 Å². The number of rotatable bonds is 4. The molecular formula is C14H20O2. The Morgan fingerprint density at radius 2 is 2.00 bits per heavy atom. The van der Waals surface area contributed by atoms with E-state index < -0.39 is 11.9 Å². The molecule has 1 rings (SSSR count). The molecule has 2 heteroatoms. The summed E-state index contributed by atoms with van der Waals surface area (Å²) in [6.07, 6.45) is 10.1. The van der Waals surface area contributed by atoms with Gasteiger partial charge in [0, 0.05) is 0 Å². The number of carboxylic acids is 1. The average Bonchev–Trinajstić information content (AvgIpc) is 2.41. The van der Waals surface area contributed by atoms with Crippen molar-refractivity contribution in [1.29, 1.82) is 0 Å². The molecule has 0 aromatic rings. The van der Waals surface area contributed by atoms with Crippen molar-refractivity contribution in [3.63, 3.8) is 0 Å². The summed E-state index contributed by atoms with van der Waals surface area (Å²) in [5, 5.41) is 8.95. The van der Waals surface area contributed by atoms with Crippen molar-refractivity contribution in [1.82, 2.24) is 0 Å². The van der Waals surface area contributed by atoms with E-state index in [-0.39, 0.29) is 0 Å². The van der Waals surface area contributed by atoms with Crippen LogP contribution in [0.5, 0.6) is 0 Å². The summed E-state index contributed by atoms with van der Waals surface area (Å²) >= 11 is 0. The van der Waals surface area contributed by atoms with Gasteiger partial charge in [0.15, 0.2) is 0 Å². The Morgan fingerprint density at radius 3 is 2.56 bits per heavy atom. The molecule has 0 amide bonds. The van der Waals surface area contributed by atoms with Crippen molar-refractivity contribution in [2.45, 2.75) is 33.6 Å². The number of allylic oxidation sites excluding steroid dienone is 5. The van der Waals surface area contributed by atoms with Crippen LogP contribution in [0.3, 0.4) is 0 Å². The fourth-order valence-corrected chi connectivity index (χ4v) is 1.77. The van der Waals surface area contributed by atoms with Crippen LogP contribution in [0.4, 0.5) is 0 Å². The van der Waals surface area contributed by atoms with Gasteiger partial charge in [0.25, 0.3) is 0 Å². The highest BCUT2D eigenvalue weighted by Gasteiger charge is 2.14. The number of aliphatic carboxylic acids is 1. The summed E-state index contributed by atoms with van der Waals surface area (Å²) in [6.45, 7) is 6.10. The monoisotopic (exact) mass is 220 g/mol. The summed E-state index contributed by atoms with van der Waals surface area (Å²) < 4.78 is 0. The van der Waals surface area contributed by atoms with Crippen molar-refractivity contribution in [3.05, 3.63) is 35.5 Å². The molecule has 88 valence electrons. The van der Waals surface area contributed by atoms with E-state index in [9.17, 15) is 4.79 Å². The van der Waals surface area contributed by atoms with E-state index in [1.165, 1.54) is 5.57 Å². The van der Waals surface area contributed by atoms with E-state index in [1.807, 2.05) is 12.2 Å². The molecular weight excluding hydrogens is 200 g/mol. The lowest BCUT2D eigenvalue weighted by Crippen LogP contribution is -2.10. The Bertz CT molecular complexity index is 346. The molecule has 2 nitrogen and oxygen atoms in total. The molecule has 0 bridgehead atoms. The second-order valence-corrected chi connectivity index (χ2v) is 4.71. The Labute approximate surface area is 97.4 Å². The lowest BCUT2D eigenvalue weighted by Gasteiger charge is -2.06. The minimum atomic E-state index is -0.761. The summed E-state index contributed by atoms with van der Waals surface area (Å²) in [4.78, 5) is 10.9. The van der Waals surface area contributed by atoms with Gasteiger partial charge in [-0.1, -0.05) is 43.7 Å². The molecule has 0 aromatic heterocycles. The molecule has 16 heavy (non-hydrogen) atoms. The highest BCUT2D eigenvalue weighted by molar-refractivity contribution is 5.74. The molecule has 1 aliphatic rings. The predicted octanol–water partition coefficient (Wildman–Crippen LogP) is 3.57. The second-order valence-electron chi connectivity index (χ2n) is 4.71. The first-order valence-corrected chi connectivity index (χ1v) is 5.80. The average molecular weight is 220 g/mol. The van der Waals surface area contributed by atoms with Crippen molar-refractivity contribution < 1.29 is 9.90 Å². The van der Waals surface area contributed by atoms with Crippen LogP contribution in [0.15, 0.2) is 35.5 Å². The largest absolute Gasteiger partial charge is 0.481 e. The zero-order valence-electron chi connectivity index (χ0n) is 10.2. The van der Waals surface area contributed by atoms with Gasteiger partial charge in [0.2, 0.25) is 0 Å². The summed E-state index contributed by atoms with van der Waals surface area (Å²) in [5.41, 5.74) is 2.21. The smallest absolute Gasteiger partial charge is 0.310 e. The van der Waals surface area contributed by atoms with Gasteiger partial charge in [-0.05, 0) is 31.3 Å². The maximum atomic E-state index is 10.9. The second kappa shape index (κ2) is 5.69. The SMILES string of the molecule is CC(C)CC1=CCC=C(C(C)C(=O)O)C=C1. The van der Waals surface area contributed by atoms with Crippen LogP contribution in [0, 0.1) is 11.8 Å². The molecule has 0 fully saturated rings. The third-order valence-electron chi connectivity index (χ3n) is 2.74. The highest BCUT2D eigenvalue weighted by atomic mass is 16.4. The summed E-state index contributed by atoms with van der Waals surface area (Å²) in [7, 11) is 0. The van der Waals surface area contributed by atoms with E-state index >= 15 is 0 Å². The number of hydrogen-bond acceptors (Lipinski definition) is 1. The molecule has 0 aromatic carbocycles. The van der Waals surface area contributed by atoms with Gasteiger partial charge >= 0.3 is 5.97 Å². The van der Waals surface area contributed by atoms with Gasteiger partial charge < -0.3 is 5.11 Å². The van der Waals surface area contributed by atoms with Gasteiger partial charge in [0.1, 0.15) is 0 Å². The van der Waals surface area contributed by atoms with E-state index in [0.717, 1.165) is 18.4 Å². The molecule has 0 heterocycles. The minimum absolute atomic E-state index is 0.414. The fourth-order valence-electron chi connectivity index (χ4n) is 1.77. The van der Waals surface area contributed by atoms with Gasteiger partial charge in [-0.3, -0.25) is 4.79 Å². The Morgan fingerprint density at radius 1 is 1.31 bits per heavy atom. The van der Waals surface area contributed by atoms with Gasteiger partial charge in [0.05, 0.1) is 5.92 Å². The topological polar surface area (TPSA) is 37.3 Å². The van der Waals surface area contributed by atoms with Gasteiger partial charge in [-0.25, -0.2) is 0 Å². The molecule has 1 unspecified atom stereocenters. The van der Waals surface area contributed by atoms with Crippen molar-refractivity contribution in [2.24, 2.45) is 11.8 Å². The molecule has 0 aliphatic heterocycles. The molecule has 1 N–H and O–H groups in total. The highest BCUT2D eigenvalue weighted by Crippen LogP contribution is 2.21. The Kier molecular flexibility index (Phi) is 4.53. The van der Waals surface area contributed by atoms with Crippen LogP contribution in [0.25, 0.3) is 0 Å².